The first-order chi connectivity index (χ1) is 4.02. The van der Waals surface area contributed by atoms with Crippen LogP contribution in [-0.4, -0.2) is 22.8 Å². The molecule has 0 aromatic heterocycles. The van der Waals surface area contributed by atoms with Crippen molar-refractivity contribution in [3.8, 4) is 0 Å². The van der Waals surface area contributed by atoms with Crippen LogP contribution in [0.1, 0.15) is 20.3 Å². The second-order valence-electron chi connectivity index (χ2n) is 2.80. The molecule has 1 heterocycles. The maximum absolute atomic E-state index is 10.5. The number of carbonyl (C=O) groups is 1. The largest absolute Gasteiger partial charge is 0.457 e. The van der Waals surface area contributed by atoms with Crippen molar-refractivity contribution >= 4 is 5.97 Å². The average Bonchev–Trinajstić information content (AvgIpc) is 1.79. The van der Waals surface area contributed by atoms with Gasteiger partial charge in [0, 0.05) is 0 Å². The Hall–Kier alpha value is -0.570. The van der Waals surface area contributed by atoms with Crippen LogP contribution < -0.4 is 0 Å². The SMILES string of the molecule is CC1(C)OC(=O)C[C@@H]1O. The van der Waals surface area contributed by atoms with Crippen LogP contribution in [-0.2, 0) is 9.53 Å². The molecule has 0 saturated carbocycles. The van der Waals surface area contributed by atoms with Crippen molar-refractivity contribution in [3.05, 3.63) is 0 Å². The second kappa shape index (κ2) is 1.70. The molecule has 1 fully saturated rings. The molecule has 0 spiro atoms. The zero-order valence-corrected chi connectivity index (χ0v) is 5.55. The van der Waals surface area contributed by atoms with Crippen molar-refractivity contribution in [3.63, 3.8) is 0 Å². The van der Waals surface area contributed by atoms with Crippen molar-refractivity contribution in [1.82, 2.24) is 0 Å². The summed E-state index contributed by atoms with van der Waals surface area (Å²) < 4.78 is 4.77. The summed E-state index contributed by atoms with van der Waals surface area (Å²) in [7, 11) is 0. The number of aliphatic hydroxyl groups excluding tert-OH is 1. The lowest BCUT2D eigenvalue weighted by Crippen LogP contribution is -2.31. The van der Waals surface area contributed by atoms with Crippen LogP contribution >= 0.6 is 0 Å². The van der Waals surface area contributed by atoms with E-state index in [4.69, 9.17) is 9.84 Å². The fraction of sp³-hybridized carbons (Fsp3) is 0.833. The number of esters is 1. The van der Waals surface area contributed by atoms with Gasteiger partial charge in [-0.05, 0) is 13.8 Å². The van der Waals surface area contributed by atoms with E-state index in [0.717, 1.165) is 0 Å². The van der Waals surface area contributed by atoms with E-state index in [-0.39, 0.29) is 12.4 Å². The molecule has 1 rings (SSSR count). The number of carbonyl (C=O) groups excluding carboxylic acids is 1. The van der Waals surface area contributed by atoms with Gasteiger partial charge in [0.2, 0.25) is 0 Å². The van der Waals surface area contributed by atoms with Gasteiger partial charge < -0.3 is 9.84 Å². The first-order valence-corrected chi connectivity index (χ1v) is 2.92. The Kier molecular flexibility index (Phi) is 1.24. The predicted molar refractivity (Wildman–Crippen MR) is 30.8 cm³/mol. The molecular weight excluding hydrogens is 120 g/mol. The van der Waals surface area contributed by atoms with Gasteiger partial charge in [0.05, 0.1) is 6.42 Å². The molecule has 0 radical (unpaired) electrons. The molecule has 9 heavy (non-hydrogen) atoms. The summed E-state index contributed by atoms with van der Waals surface area (Å²) in [6, 6.07) is 0. The van der Waals surface area contributed by atoms with Gasteiger partial charge in [-0.15, -0.1) is 0 Å². The Morgan fingerprint density at radius 3 is 2.44 bits per heavy atom. The Labute approximate surface area is 53.6 Å². The molecule has 1 atom stereocenters. The van der Waals surface area contributed by atoms with Crippen LogP contribution in [0.25, 0.3) is 0 Å². The highest BCUT2D eigenvalue weighted by Gasteiger charge is 2.40. The van der Waals surface area contributed by atoms with Gasteiger partial charge in [-0.25, -0.2) is 0 Å². The van der Waals surface area contributed by atoms with E-state index in [2.05, 4.69) is 0 Å². The zero-order valence-electron chi connectivity index (χ0n) is 5.55. The minimum Gasteiger partial charge on any atom is -0.457 e. The van der Waals surface area contributed by atoms with Crippen LogP contribution in [0.3, 0.4) is 0 Å². The quantitative estimate of drug-likeness (QED) is 0.472. The van der Waals surface area contributed by atoms with E-state index in [0.29, 0.717) is 0 Å². The van der Waals surface area contributed by atoms with Crippen molar-refractivity contribution < 1.29 is 14.6 Å². The summed E-state index contributed by atoms with van der Waals surface area (Å²) in [5, 5.41) is 9.08. The van der Waals surface area contributed by atoms with E-state index in [1.807, 2.05) is 0 Å². The summed E-state index contributed by atoms with van der Waals surface area (Å²) in [4.78, 5) is 10.5. The molecule has 0 amide bonds. The molecule has 1 saturated heterocycles. The lowest BCUT2D eigenvalue weighted by Gasteiger charge is -2.19. The summed E-state index contributed by atoms with van der Waals surface area (Å²) in [5.41, 5.74) is -0.670. The van der Waals surface area contributed by atoms with Crippen molar-refractivity contribution in [2.24, 2.45) is 0 Å². The van der Waals surface area contributed by atoms with Gasteiger partial charge in [0.15, 0.2) is 0 Å². The van der Waals surface area contributed by atoms with Crippen LogP contribution in [0.15, 0.2) is 0 Å². The summed E-state index contributed by atoms with van der Waals surface area (Å²) in [6.07, 6.45) is -0.502. The highest BCUT2D eigenvalue weighted by molar-refractivity contribution is 5.73. The minimum atomic E-state index is -0.670. The number of hydrogen-bond donors (Lipinski definition) is 1. The molecule has 3 nitrogen and oxygen atoms in total. The van der Waals surface area contributed by atoms with Gasteiger partial charge in [-0.1, -0.05) is 0 Å². The van der Waals surface area contributed by atoms with E-state index in [1.165, 1.54) is 0 Å². The Morgan fingerprint density at radius 2 is 2.33 bits per heavy atom. The van der Waals surface area contributed by atoms with E-state index >= 15 is 0 Å². The first-order valence-electron chi connectivity index (χ1n) is 2.92. The van der Waals surface area contributed by atoms with Crippen LogP contribution in [0, 0.1) is 0 Å². The van der Waals surface area contributed by atoms with Gasteiger partial charge in [-0.3, -0.25) is 4.79 Å². The molecule has 0 aromatic rings. The molecule has 0 aliphatic carbocycles. The predicted octanol–water partition coefficient (Wildman–Crippen LogP) is 0.0728. The molecular formula is C6H10O3. The third kappa shape index (κ3) is 1.05. The monoisotopic (exact) mass is 130 g/mol. The van der Waals surface area contributed by atoms with Crippen LogP contribution in [0.4, 0.5) is 0 Å². The Balaban J connectivity index is 2.69. The molecule has 1 aliphatic heterocycles. The lowest BCUT2D eigenvalue weighted by atomic mass is 10.0. The number of cyclic esters (lactones) is 1. The van der Waals surface area contributed by atoms with Gasteiger partial charge in [0.25, 0.3) is 0 Å². The van der Waals surface area contributed by atoms with Crippen molar-refractivity contribution in [2.75, 3.05) is 0 Å². The maximum atomic E-state index is 10.5. The molecule has 0 aromatic carbocycles. The molecule has 0 bridgehead atoms. The number of hydrogen-bond acceptors (Lipinski definition) is 3. The standard InChI is InChI=1S/C6H10O3/c1-6(2)4(7)3-5(8)9-6/h4,7H,3H2,1-2H3/t4-/m0/s1. The second-order valence-corrected chi connectivity index (χ2v) is 2.80. The number of rotatable bonds is 0. The Bertz CT molecular complexity index is 139. The Morgan fingerprint density at radius 1 is 1.78 bits per heavy atom. The highest BCUT2D eigenvalue weighted by Crippen LogP contribution is 2.25. The third-order valence-electron chi connectivity index (χ3n) is 1.54. The molecule has 52 valence electrons. The van der Waals surface area contributed by atoms with Gasteiger partial charge in [0.1, 0.15) is 11.7 Å². The topological polar surface area (TPSA) is 46.5 Å². The van der Waals surface area contributed by atoms with Crippen LogP contribution in [0.2, 0.25) is 0 Å². The maximum Gasteiger partial charge on any atom is 0.309 e. The lowest BCUT2D eigenvalue weighted by molar-refractivity contribution is -0.147. The van der Waals surface area contributed by atoms with Gasteiger partial charge in [-0.2, -0.15) is 0 Å². The minimum absolute atomic E-state index is 0.132. The summed E-state index contributed by atoms with van der Waals surface area (Å²) in [5.74, 6) is -0.312. The fourth-order valence-corrected chi connectivity index (χ4v) is 0.807. The summed E-state index contributed by atoms with van der Waals surface area (Å²) in [6.45, 7) is 3.39. The number of ether oxygens (including phenoxy) is 1. The van der Waals surface area contributed by atoms with E-state index < -0.39 is 11.7 Å². The molecule has 1 N–H and O–H groups in total. The number of aliphatic hydroxyl groups is 1. The zero-order chi connectivity index (χ0) is 7.07. The fourth-order valence-electron chi connectivity index (χ4n) is 0.807. The molecule has 1 aliphatic rings. The molecule has 3 heteroatoms. The third-order valence-corrected chi connectivity index (χ3v) is 1.54. The van der Waals surface area contributed by atoms with Gasteiger partial charge >= 0.3 is 5.97 Å². The van der Waals surface area contributed by atoms with Crippen molar-refractivity contribution in [2.45, 2.75) is 32.0 Å². The smallest absolute Gasteiger partial charge is 0.309 e. The average molecular weight is 130 g/mol. The molecule has 0 unspecified atom stereocenters. The normalized spacial score (nSPS) is 32.3. The van der Waals surface area contributed by atoms with Crippen LogP contribution in [0.5, 0.6) is 0 Å². The van der Waals surface area contributed by atoms with E-state index in [1.54, 1.807) is 13.8 Å². The van der Waals surface area contributed by atoms with Crippen molar-refractivity contribution in [1.29, 1.82) is 0 Å². The summed E-state index contributed by atoms with van der Waals surface area (Å²) >= 11 is 0. The first kappa shape index (κ1) is 6.55. The highest BCUT2D eigenvalue weighted by atomic mass is 16.6. The van der Waals surface area contributed by atoms with E-state index in [9.17, 15) is 4.79 Å².